The van der Waals surface area contributed by atoms with Crippen LogP contribution in [0.25, 0.3) is 0 Å². The quantitative estimate of drug-likeness (QED) is 0.348. The number of ether oxygens (including phenoxy) is 1. The highest BCUT2D eigenvalue weighted by atomic mass is 19.1. The average Bonchev–Trinajstić information content (AvgIpc) is 2.80. The Kier molecular flexibility index (Phi) is 6.21. The van der Waals surface area contributed by atoms with E-state index in [1.54, 1.807) is 11.0 Å². The van der Waals surface area contributed by atoms with E-state index in [1.807, 2.05) is 6.92 Å². The molecule has 1 aromatic heterocycles. The first-order valence-corrected chi connectivity index (χ1v) is 10.2. The van der Waals surface area contributed by atoms with Crippen molar-refractivity contribution in [1.29, 1.82) is 0 Å². The van der Waals surface area contributed by atoms with Crippen molar-refractivity contribution in [3.63, 3.8) is 0 Å². The highest BCUT2D eigenvalue weighted by Gasteiger charge is 2.25. The van der Waals surface area contributed by atoms with Crippen LogP contribution in [-0.2, 0) is 6.54 Å². The number of halogens is 1. The zero-order valence-electron chi connectivity index (χ0n) is 17.9. The fraction of sp³-hybridized carbons (Fsp3) is 0.136. The van der Waals surface area contributed by atoms with E-state index in [9.17, 15) is 24.1 Å². The van der Waals surface area contributed by atoms with E-state index >= 15 is 0 Å². The molecule has 0 saturated heterocycles. The Hall–Kier alpha value is -4.74. The fourth-order valence-corrected chi connectivity index (χ4v) is 3.27. The number of nitro benzene ring substituents is 1. The van der Waals surface area contributed by atoms with Crippen LogP contribution in [0.5, 0.6) is 11.5 Å². The molecule has 0 radical (unpaired) electrons. The smallest absolute Gasteiger partial charge is 0.323 e. The van der Waals surface area contributed by atoms with Crippen molar-refractivity contribution >= 4 is 34.9 Å². The molecule has 1 aliphatic heterocycles. The molecule has 4 amide bonds. The van der Waals surface area contributed by atoms with Gasteiger partial charge in [0.05, 0.1) is 17.0 Å². The molecule has 0 aliphatic carbocycles. The average molecular weight is 466 g/mol. The third kappa shape index (κ3) is 4.85. The summed E-state index contributed by atoms with van der Waals surface area (Å²) in [7, 11) is 0. The van der Waals surface area contributed by atoms with Gasteiger partial charge in [0.15, 0.2) is 11.6 Å². The largest absolute Gasteiger partial charge is 0.454 e. The van der Waals surface area contributed by atoms with Crippen LogP contribution < -0.4 is 20.7 Å². The van der Waals surface area contributed by atoms with E-state index < -0.39 is 16.8 Å². The van der Waals surface area contributed by atoms with E-state index in [0.717, 1.165) is 6.07 Å². The summed E-state index contributed by atoms with van der Waals surface area (Å²) in [6, 6.07) is 9.85. The predicted octanol–water partition coefficient (Wildman–Crippen LogP) is 4.93. The second-order valence-electron chi connectivity index (χ2n) is 7.21. The summed E-state index contributed by atoms with van der Waals surface area (Å²) in [5.74, 6) is -0.0895. The standard InChI is InChI=1S/C22H19FN6O5/c1-2-28-12-16-18(9-10-24-20(16)27-22(28)31)34-19-8-5-14(11-17(19)23)26-21(30)25-13-3-6-15(7-4-13)29(32)33/h3-11H,2,12H2,1H3,(H,24,27,31)(H2,25,26,30). The molecule has 12 heteroatoms. The molecule has 2 heterocycles. The number of nitrogens with zero attached hydrogens (tertiary/aromatic N) is 3. The lowest BCUT2D eigenvalue weighted by molar-refractivity contribution is -0.384. The number of carbonyl (C=O) groups excluding carboxylic acids is 2. The van der Waals surface area contributed by atoms with Crippen molar-refractivity contribution in [2.24, 2.45) is 0 Å². The van der Waals surface area contributed by atoms with Gasteiger partial charge in [-0.2, -0.15) is 0 Å². The summed E-state index contributed by atoms with van der Waals surface area (Å²) in [5.41, 5.74) is 1.02. The number of pyridine rings is 1. The maximum absolute atomic E-state index is 14.7. The van der Waals surface area contributed by atoms with E-state index in [-0.39, 0.29) is 29.7 Å². The molecule has 0 saturated carbocycles. The van der Waals surface area contributed by atoms with Crippen molar-refractivity contribution in [2.45, 2.75) is 13.5 Å². The molecule has 2 aromatic carbocycles. The first-order valence-electron chi connectivity index (χ1n) is 10.2. The van der Waals surface area contributed by atoms with E-state index in [4.69, 9.17) is 4.74 Å². The molecule has 3 aromatic rings. The molecule has 0 atom stereocenters. The SMILES string of the molecule is CCN1Cc2c(Oc3ccc(NC(=O)Nc4ccc([N+](=O)[O-])cc4)cc3F)ccnc2NC1=O. The molecule has 11 nitrogen and oxygen atoms in total. The monoisotopic (exact) mass is 466 g/mol. The number of fused-ring (bicyclic) bond motifs is 1. The molecule has 174 valence electrons. The van der Waals surface area contributed by atoms with Crippen LogP contribution in [0.3, 0.4) is 0 Å². The van der Waals surface area contributed by atoms with Crippen LogP contribution in [-0.4, -0.2) is 33.4 Å². The third-order valence-corrected chi connectivity index (χ3v) is 5.00. The number of urea groups is 2. The molecule has 0 unspecified atom stereocenters. The Balaban J connectivity index is 1.44. The zero-order chi connectivity index (χ0) is 24.2. The highest BCUT2D eigenvalue weighted by molar-refractivity contribution is 5.99. The molecular formula is C22H19FN6O5. The fourth-order valence-electron chi connectivity index (χ4n) is 3.27. The van der Waals surface area contributed by atoms with Gasteiger partial charge < -0.3 is 20.3 Å². The summed E-state index contributed by atoms with van der Waals surface area (Å²) >= 11 is 0. The van der Waals surface area contributed by atoms with Gasteiger partial charge in [-0.05, 0) is 37.3 Å². The number of amides is 4. The number of aromatic nitrogens is 1. The van der Waals surface area contributed by atoms with Crippen LogP contribution >= 0.6 is 0 Å². The van der Waals surface area contributed by atoms with Crippen molar-refractivity contribution < 1.29 is 23.6 Å². The third-order valence-electron chi connectivity index (χ3n) is 5.00. The Bertz CT molecular complexity index is 1270. The highest BCUT2D eigenvalue weighted by Crippen LogP contribution is 2.34. The molecule has 0 spiro atoms. The van der Waals surface area contributed by atoms with Crippen molar-refractivity contribution in [3.05, 3.63) is 76.2 Å². The van der Waals surface area contributed by atoms with Gasteiger partial charge in [0.25, 0.3) is 5.69 Å². The number of nitro groups is 1. The lowest BCUT2D eigenvalue weighted by Crippen LogP contribution is -2.38. The second-order valence-corrected chi connectivity index (χ2v) is 7.21. The lowest BCUT2D eigenvalue weighted by Gasteiger charge is -2.28. The number of hydrogen-bond donors (Lipinski definition) is 3. The number of rotatable bonds is 6. The molecule has 0 bridgehead atoms. The Morgan fingerprint density at radius 3 is 2.56 bits per heavy atom. The van der Waals surface area contributed by atoms with Gasteiger partial charge >= 0.3 is 12.1 Å². The minimum Gasteiger partial charge on any atom is -0.454 e. The predicted molar refractivity (Wildman–Crippen MR) is 122 cm³/mol. The van der Waals surface area contributed by atoms with Crippen molar-refractivity contribution in [3.8, 4) is 11.5 Å². The van der Waals surface area contributed by atoms with E-state index in [0.29, 0.717) is 29.4 Å². The summed E-state index contributed by atoms with van der Waals surface area (Å²) < 4.78 is 20.5. The van der Waals surface area contributed by atoms with Crippen LogP contribution in [0.2, 0.25) is 0 Å². The number of anilines is 3. The minimum absolute atomic E-state index is 0.0744. The first-order chi connectivity index (χ1) is 16.3. The van der Waals surface area contributed by atoms with Crippen LogP contribution in [0, 0.1) is 15.9 Å². The molecule has 4 rings (SSSR count). The lowest BCUT2D eigenvalue weighted by atomic mass is 10.2. The van der Waals surface area contributed by atoms with Gasteiger partial charge in [-0.3, -0.25) is 15.4 Å². The van der Waals surface area contributed by atoms with Gasteiger partial charge in [-0.25, -0.2) is 19.0 Å². The van der Waals surface area contributed by atoms with Crippen LogP contribution in [0.15, 0.2) is 54.7 Å². The second kappa shape index (κ2) is 9.40. The van der Waals surface area contributed by atoms with Crippen LogP contribution in [0.4, 0.5) is 36.9 Å². The van der Waals surface area contributed by atoms with Gasteiger partial charge in [-0.1, -0.05) is 0 Å². The minimum atomic E-state index is -0.717. The Morgan fingerprint density at radius 1 is 1.18 bits per heavy atom. The number of nitrogens with one attached hydrogen (secondary N) is 3. The zero-order valence-corrected chi connectivity index (χ0v) is 17.9. The van der Waals surface area contributed by atoms with Gasteiger partial charge in [0.2, 0.25) is 0 Å². The number of benzene rings is 2. The van der Waals surface area contributed by atoms with E-state index in [1.165, 1.54) is 42.6 Å². The summed E-state index contributed by atoms with van der Waals surface area (Å²) in [5, 5.41) is 18.4. The van der Waals surface area contributed by atoms with Crippen molar-refractivity contribution in [1.82, 2.24) is 9.88 Å². The topological polar surface area (TPSA) is 139 Å². The summed E-state index contributed by atoms with van der Waals surface area (Å²) in [4.78, 5) is 40.0. The summed E-state index contributed by atoms with van der Waals surface area (Å²) in [6.45, 7) is 2.59. The number of non-ortho nitro benzene ring substituents is 1. The van der Waals surface area contributed by atoms with Crippen LogP contribution in [0.1, 0.15) is 12.5 Å². The van der Waals surface area contributed by atoms with Gasteiger partial charge in [0, 0.05) is 42.3 Å². The normalized spacial score (nSPS) is 12.4. The van der Waals surface area contributed by atoms with Gasteiger partial charge in [0.1, 0.15) is 11.6 Å². The molecule has 1 aliphatic rings. The first kappa shape index (κ1) is 22.5. The maximum atomic E-state index is 14.7. The maximum Gasteiger partial charge on any atom is 0.323 e. The molecular weight excluding hydrogens is 447 g/mol. The van der Waals surface area contributed by atoms with Crippen molar-refractivity contribution in [2.75, 3.05) is 22.5 Å². The number of hydrogen-bond acceptors (Lipinski definition) is 6. The van der Waals surface area contributed by atoms with Gasteiger partial charge in [-0.15, -0.1) is 0 Å². The summed E-state index contributed by atoms with van der Waals surface area (Å²) in [6.07, 6.45) is 1.45. The van der Waals surface area contributed by atoms with E-state index in [2.05, 4.69) is 20.9 Å². The molecule has 0 fully saturated rings. The Labute approximate surface area is 192 Å². The molecule has 34 heavy (non-hydrogen) atoms. The molecule has 3 N–H and O–H groups in total. The Morgan fingerprint density at radius 2 is 1.88 bits per heavy atom. The number of carbonyl (C=O) groups is 2.